The van der Waals surface area contributed by atoms with Gasteiger partial charge in [-0.3, -0.25) is 0 Å². The topological polar surface area (TPSA) is 9.23 Å². The predicted molar refractivity (Wildman–Crippen MR) is 298 cm³/mol. The van der Waals surface area contributed by atoms with E-state index < -0.39 is 16.6 Å². The highest BCUT2D eigenvalue weighted by Gasteiger charge is 2.69. The van der Waals surface area contributed by atoms with Crippen molar-refractivity contribution in [2.75, 3.05) is 0 Å². The van der Waals surface area contributed by atoms with Crippen LogP contribution in [0.2, 0.25) is 38.3 Å². The lowest BCUT2D eigenvalue weighted by Gasteiger charge is -2.49. The summed E-state index contributed by atoms with van der Waals surface area (Å²) in [6, 6.07) is 2.31. The maximum absolute atomic E-state index is 8.25. The molecule has 2 spiro atoms. The van der Waals surface area contributed by atoms with E-state index in [1.165, 1.54) is 0 Å². The van der Waals surface area contributed by atoms with Crippen molar-refractivity contribution in [3.8, 4) is 0 Å². The fraction of sp³-hybridized carbons (Fsp3) is 0.121. The number of hydrogen-bond donors (Lipinski definition) is 0. The first-order valence-electron chi connectivity index (χ1n) is 26.3. The number of fused-ring (bicyclic) bond motifs is 4. The molecule has 2 aliphatic heterocycles. The predicted octanol–water partition coefficient (Wildman–Crippen LogP) is 18.4. The lowest BCUT2D eigenvalue weighted by molar-refractivity contribution is 0.521. The number of rotatable bonds is 0. The summed E-state index contributed by atoms with van der Waals surface area (Å²) in [7, 11) is -4.71. The highest BCUT2D eigenvalue weighted by molar-refractivity contribution is 6.87. The van der Waals surface area contributed by atoms with Gasteiger partial charge in [0.15, 0.2) is 16.6 Å². The van der Waals surface area contributed by atoms with Crippen molar-refractivity contribution < 1.29 is 4.12 Å². The van der Waals surface area contributed by atoms with Gasteiger partial charge in [0.05, 0.1) is 0 Å². The summed E-state index contributed by atoms with van der Waals surface area (Å²) >= 11 is 0. The van der Waals surface area contributed by atoms with Crippen molar-refractivity contribution in [2.45, 2.75) is 49.1 Å². The van der Waals surface area contributed by atoms with Gasteiger partial charge in [0, 0.05) is 10.8 Å². The van der Waals surface area contributed by atoms with Crippen LogP contribution in [0, 0.1) is 0 Å². The van der Waals surface area contributed by atoms with Gasteiger partial charge in [-0.25, -0.2) is 0 Å². The molecule has 294 valence electrons. The molecule has 0 saturated carbocycles. The van der Waals surface area contributed by atoms with Gasteiger partial charge in [0.1, 0.15) is 0 Å². The summed E-state index contributed by atoms with van der Waals surface area (Å²) in [6.07, 6.45) is 0. The van der Waals surface area contributed by atoms with Crippen LogP contribution in [0.25, 0.3) is 280 Å². The van der Waals surface area contributed by atoms with Crippen LogP contribution in [-0.2, 0) is 14.9 Å². The molecule has 2 bridgehead atoms. The van der Waals surface area contributed by atoms with Crippen molar-refractivity contribution in [3.63, 3.8) is 0 Å². The van der Waals surface area contributed by atoms with Crippen LogP contribution in [0.3, 0.4) is 0 Å². The third-order valence-corrected chi connectivity index (χ3v) is 32.7. The Labute approximate surface area is 381 Å². The molecule has 0 radical (unpaired) electrons. The SMILES string of the molecule is C[Si]1(C)C[C@]23c4c5c6c7c8c9c%10c%11c(c2c2c%12c3c3c%13c4c6c4c6c%13c%13c3c3c%12c%12c%14c2c%11c2c%11c%10c%10c8c8c7c4c4c6c6c%13c7c3c%12c3c(c%142)c2c%11c%10c%10c8c4c4c%10c2c3c7c64)[C@@]59C[Si](C)(C)O1. The molecule has 27 aromatic carbocycles. The Hall–Kier alpha value is -7.15. The Morgan fingerprint density at radius 1 is 0.188 bits per heavy atom. The second kappa shape index (κ2) is 5.80. The zero-order valence-corrected chi connectivity index (χ0v) is 38.8. The third kappa shape index (κ3) is 1.44. The molecule has 69 heavy (non-hydrogen) atoms. The minimum absolute atomic E-state index is 0.226. The average molecular weight is 881 g/mol. The fourth-order valence-electron chi connectivity index (χ4n) is 26.2. The molecule has 5 aliphatic carbocycles. The average Bonchev–Trinajstić information content (AvgIpc) is 4.29. The highest BCUT2D eigenvalue weighted by Crippen LogP contribution is 2.85. The first-order chi connectivity index (χ1) is 33.9. The summed E-state index contributed by atoms with van der Waals surface area (Å²) in [4.78, 5) is 0. The molecule has 0 unspecified atom stereocenters. The van der Waals surface area contributed by atoms with Crippen molar-refractivity contribution >= 4 is 297 Å². The summed E-state index contributed by atoms with van der Waals surface area (Å²) < 4.78 is 8.25. The van der Waals surface area contributed by atoms with E-state index >= 15 is 0 Å². The molecular formula is C66H16OSi2. The van der Waals surface area contributed by atoms with Crippen LogP contribution in [-0.4, -0.2) is 16.6 Å². The fourth-order valence-corrected chi connectivity index (χ4v) is 36.4. The molecule has 0 aromatic heterocycles. The van der Waals surface area contributed by atoms with Crippen LogP contribution in [0.5, 0.6) is 0 Å². The largest absolute Gasteiger partial charge is 0.455 e. The molecule has 7 aliphatic rings. The third-order valence-electron chi connectivity index (χ3n) is 25.5. The van der Waals surface area contributed by atoms with E-state index in [9.17, 15) is 0 Å². The second-order valence-corrected chi connectivity index (χ2v) is 36.1. The number of benzene rings is 17. The summed E-state index contributed by atoms with van der Waals surface area (Å²) in [5.74, 6) is 0. The van der Waals surface area contributed by atoms with Gasteiger partial charge in [-0.1, -0.05) is 0 Å². The normalized spacial score (nSPS) is 24.7. The Balaban J connectivity index is 1.22. The van der Waals surface area contributed by atoms with Crippen LogP contribution in [0.1, 0.15) is 33.4 Å². The zero-order valence-electron chi connectivity index (χ0n) is 36.8. The maximum Gasteiger partial charge on any atom is 0.175 e. The zero-order chi connectivity index (χ0) is 41.6. The van der Waals surface area contributed by atoms with Crippen LogP contribution >= 0.6 is 0 Å². The molecule has 0 amide bonds. The number of hydrogen-bond acceptors (Lipinski definition) is 1. The van der Waals surface area contributed by atoms with Gasteiger partial charge in [-0.05, 0) is 352 Å². The van der Waals surface area contributed by atoms with Gasteiger partial charge in [0.25, 0.3) is 0 Å². The molecule has 0 saturated heterocycles. The van der Waals surface area contributed by atoms with Gasteiger partial charge in [-0.2, -0.15) is 0 Å². The molecule has 1 nitrogen and oxygen atoms in total. The Morgan fingerprint density at radius 2 is 0.304 bits per heavy atom. The highest BCUT2D eigenvalue weighted by atomic mass is 28.4. The first kappa shape index (κ1) is 26.6. The summed E-state index contributed by atoms with van der Waals surface area (Å²) in [6.45, 7) is 10.8. The minimum atomic E-state index is -2.36. The first-order valence-corrected chi connectivity index (χ1v) is 32.6. The lowest BCUT2D eigenvalue weighted by atomic mass is 9.55. The van der Waals surface area contributed by atoms with Crippen molar-refractivity contribution in [3.05, 3.63) is 33.4 Å². The summed E-state index contributed by atoms with van der Waals surface area (Å²) in [5.41, 5.74) is 10.4. The smallest absolute Gasteiger partial charge is 0.175 e. The molecule has 2 heterocycles. The van der Waals surface area contributed by atoms with Crippen molar-refractivity contribution in [1.82, 2.24) is 0 Å². The van der Waals surface area contributed by atoms with E-state index in [2.05, 4.69) is 26.2 Å². The minimum Gasteiger partial charge on any atom is -0.455 e. The van der Waals surface area contributed by atoms with Crippen molar-refractivity contribution in [2.24, 2.45) is 0 Å². The molecule has 34 rings (SSSR count). The Morgan fingerprint density at radius 3 is 0.493 bits per heavy atom. The molecule has 27 aromatic rings. The van der Waals surface area contributed by atoms with Crippen molar-refractivity contribution in [1.29, 1.82) is 0 Å². The quantitative estimate of drug-likeness (QED) is 0.109. The van der Waals surface area contributed by atoms with Crippen LogP contribution in [0.4, 0.5) is 0 Å². The second-order valence-electron chi connectivity index (χ2n) is 27.5. The molecular weight excluding hydrogens is 865 g/mol. The maximum atomic E-state index is 8.25. The van der Waals surface area contributed by atoms with Gasteiger partial charge >= 0.3 is 0 Å². The van der Waals surface area contributed by atoms with Crippen LogP contribution in [0.15, 0.2) is 0 Å². The van der Waals surface area contributed by atoms with E-state index in [1.807, 2.05) is 22.3 Å². The Kier molecular flexibility index (Phi) is 2.23. The van der Waals surface area contributed by atoms with Gasteiger partial charge < -0.3 is 4.12 Å². The monoisotopic (exact) mass is 880 g/mol. The van der Waals surface area contributed by atoms with E-state index in [-0.39, 0.29) is 10.8 Å². The van der Waals surface area contributed by atoms with E-state index in [0.717, 1.165) is 12.1 Å². The molecule has 0 N–H and O–H groups in total. The molecule has 3 heteroatoms. The Bertz CT molecular complexity index is 6860. The van der Waals surface area contributed by atoms with Crippen LogP contribution < -0.4 is 0 Å². The lowest BCUT2D eigenvalue weighted by Crippen LogP contribution is -2.48. The van der Waals surface area contributed by atoms with E-state index in [0.29, 0.717) is 0 Å². The van der Waals surface area contributed by atoms with E-state index in [4.69, 9.17) is 4.12 Å². The standard InChI is InChI=1S/C66H16OSi2/c1-68(2)5-65-59-51-42-35-22-15-9-10-12-8-7-11(9)20(22)26-24-13(7)17-14(8)25-27-21(12)23-16(10)19-18(15)29-37-30(19)39-36(23)43-41(27)45-32(25)34-28(17)33-31(24)44(40(26)42)55(59)57-46(33)47(34)58-56(45)60-52(43)49(39)54-50(37)53(48(51)38(29)35)61(65)62(54)66(60,64(58)63(57)65)6-69(3,4)67-68/h5-6H2,1-4H3/t65-,66+. The van der Waals surface area contributed by atoms with Gasteiger partial charge in [0.2, 0.25) is 0 Å². The molecule has 0 fully saturated rings. The molecule has 2 atom stereocenters. The van der Waals surface area contributed by atoms with E-state index in [1.54, 1.807) is 291 Å². The summed E-state index contributed by atoms with van der Waals surface area (Å²) in [5, 5.41) is 88.0. The van der Waals surface area contributed by atoms with Gasteiger partial charge in [-0.15, -0.1) is 0 Å².